The van der Waals surface area contributed by atoms with E-state index in [4.69, 9.17) is 4.74 Å². The molecule has 2 unspecified atom stereocenters. The number of esters is 1. The lowest BCUT2D eigenvalue weighted by Crippen LogP contribution is -2.41. The molecule has 1 aromatic carbocycles. The summed E-state index contributed by atoms with van der Waals surface area (Å²) in [6.45, 7) is 4.05. The fourth-order valence-corrected chi connectivity index (χ4v) is 2.62. The molecule has 108 valence electrons. The van der Waals surface area contributed by atoms with E-state index >= 15 is 0 Å². The van der Waals surface area contributed by atoms with Crippen molar-refractivity contribution in [1.29, 1.82) is 0 Å². The average molecular weight is 276 g/mol. The van der Waals surface area contributed by atoms with Gasteiger partial charge in [0, 0.05) is 6.42 Å². The van der Waals surface area contributed by atoms with Gasteiger partial charge in [-0.3, -0.25) is 9.59 Å². The van der Waals surface area contributed by atoms with Crippen molar-refractivity contribution in [1.82, 2.24) is 0 Å². The first-order valence-electron chi connectivity index (χ1n) is 6.91. The number of benzene rings is 1. The van der Waals surface area contributed by atoms with E-state index in [1.807, 2.05) is 32.0 Å². The molecule has 0 bridgehead atoms. The van der Waals surface area contributed by atoms with Gasteiger partial charge in [-0.05, 0) is 24.5 Å². The second-order valence-electron chi connectivity index (χ2n) is 5.41. The van der Waals surface area contributed by atoms with Crippen LogP contribution in [0.1, 0.15) is 37.0 Å². The zero-order valence-corrected chi connectivity index (χ0v) is 12.1. The number of fused-ring (bicyclic) bond motifs is 1. The minimum absolute atomic E-state index is 0.0643. The van der Waals surface area contributed by atoms with Crippen LogP contribution in [0, 0.1) is 11.8 Å². The van der Waals surface area contributed by atoms with E-state index in [1.165, 1.54) is 7.11 Å². The molecule has 20 heavy (non-hydrogen) atoms. The molecule has 0 saturated heterocycles. The number of carbonyl (C=O) groups excluding carboxylic acids is 2. The quantitative estimate of drug-likeness (QED) is 0.793. The molecule has 0 fully saturated rings. The molecule has 1 aliphatic heterocycles. The predicted molar refractivity (Wildman–Crippen MR) is 74.8 cm³/mol. The number of rotatable bonds is 4. The number of carbonyl (C=O) groups is 2. The number of hydrogen-bond donors (Lipinski definition) is 0. The van der Waals surface area contributed by atoms with E-state index in [1.54, 1.807) is 6.07 Å². The van der Waals surface area contributed by atoms with Crippen LogP contribution in [-0.4, -0.2) is 25.0 Å². The van der Waals surface area contributed by atoms with Crippen LogP contribution in [0.3, 0.4) is 0 Å². The number of para-hydroxylation sites is 1. The number of Topliss-reactive ketones (excluding diaryl/α,β-unsaturated/α-hetero) is 1. The first-order valence-corrected chi connectivity index (χ1v) is 6.91. The highest BCUT2D eigenvalue weighted by Crippen LogP contribution is 2.35. The van der Waals surface area contributed by atoms with E-state index in [0.717, 1.165) is 0 Å². The smallest absolute Gasteiger partial charge is 0.305 e. The van der Waals surface area contributed by atoms with Gasteiger partial charge in [0.05, 0.1) is 18.6 Å². The van der Waals surface area contributed by atoms with Crippen LogP contribution in [0.15, 0.2) is 24.3 Å². The molecule has 2 rings (SSSR count). The Morgan fingerprint density at radius 2 is 2.05 bits per heavy atom. The zero-order chi connectivity index (χ0) is 14.7. The largest absolute Gasteiger partial charge is 0.489 e. The van der Waals surface area contributed by atoms with Gasteiger partial charge in [-0.25, -0.2) is 0 Å². The summed E-state index contributed by atoms with van der Waals surface area (Å²) in [5.74, 6) is 0.332. The van der Waals surface area contributed by atoms with E-state index in [-0.39, 0.29) is 36.1 Å². The van der Waals surface area contributed by atoms with Gasteiger partial charge in [0.1, 0.15) is 11.9 Å². The molecular weight excluding hydrogens is 256 g/mol. The maximum Gasteiger partial charge on any atom is 0.305 e. The van der Waals surface area contributed by atoms with Crippen molar-refractivity contribution >= 4 is 11.8 Å². The van der Waals surface area contributed by atoms with Crippen molar-refractivity contribution in [2.75, 3.05) is 7.11 Å². The average Bonchev–Trinajstić information content (AvgIpc) is 2.45. The van der Waals surface area contributed by atoms with Crippen LogP contribution in [0.2, 0.25) is 0 Å². The highest BCUT2D eigenvalue weighted by Gasteiger charge is 2.38. The number of methoxy groups -OCH3 is 1. The number of ketones is 1. The van der Waals surface area contributed by atoms with Crippen LogP contribution >= 0.6 is 0 Å². The Bertz CT molecular complexity index is 507. The lowest BCUT2D eigenvalue weighted by molar-refractivity contribution is -0.141. The summed E-state index contributed by atoms with van der Waals surface area (Å²) in [6, 6.07) is 7.28. The van der Waals surface area contributed by atoms with E-state index < -0.39 is 0 Å². The van der Waals surface area contributed by atoms with E-state index in [0.29, 0.717) is 17.7 Å². The number of hydrogen-bond acceptors (Lipinski definition) is 4. The molecular formula is C16H20O4. The molecule has 0 amide bonds. The molecule has 4 heteroatoms. The maximum atomic E-state index is 12.6. The van der Waals surface area contributed by atoms with Crippen molar-refractivity contribution in [3.63, 3.8) is 0 Å². The second kappa shape index (κ2) is 6.07. The standard InChI is InChI=1S/C16H20O4/c1-10(2)16-12(8-9-14(17)19-3)15(18)11-6-4-5-7-13(11)20-16/h4-7,10,12,16H,8-9H2,1-3H3. The van der Waals surface area contributed by atoms with Crippen molar-refractivity contribution in [3.8, 4) is 5.75 Å². The third kappa shape index (κ3) is 2.84. The van der Waals surface area contributed by atoms with Crippen molar-refractivity contribution in [3.05, 3.63) is 29.8 Å². The molecule has 1 heterocycles. The summed E-state index contributed by atoms with van der Waals surface area (Å²) in [7, 11) is 1.36. The fraction of sp³-hybridized carbons (Fsp3) is 0.500. The Morgan fingerprint density at radius 3 is 2.70 bits per heavy atom. The van der Waals surface area contributed by atoms with Gasteiger partial charge in [-0.2, -0.15) is 0 Å². The highest BCUT2D eigenvalue weighted by molar-refractivity contribution is 6.01. The molecule has 0 spiro atoms. The predicted octanol–water partition coefficient (Wildman–Crippen LogP) is 2.86. The molecule has 4 nitrogen and oxygen atoms in total. The van der Waals surface area contributed by atoms with Gasteiger partial charge in [0.2, 0.25) is 0 Å². The third-order valence-corrected chi connectivity index (χ3v) is 3.69. The summed E-state index contributed by atoms with van der Waals surface area (Å²) in [6.07, 6.45) is 0.506. The van der Waals surface area contributed by atoms with Gasteiger partial charge >= 0.3 is 5.97 Å². The lowest BCUT2D eigenvalue weighted by atomic mass is 9.81. The minimum atomic E-state index is -0.292. The zero-order valence-electron chi connectivity index (χ0n) is 12.1. The van der Waals surface area contributed by atoms with Gasteiger partial charge < -0.3 is 9.47 Å². The van der Waals surface area contributed by atoms with Crippen LogP contribution < -0.4 is 4.74 Å². The van der Waals surface area contributed by atoms with Crippen molar-refractivity contribution in [2.24, 2.45) is 11.8 Å². The van der Waals surface area contributed by atoms with Crippen molar-refractivity contribution < 1.29 is 19.1 Å². The SMILES string of the molecule is COC(=O)CCC1C(=O)c2ccccc2OC1C(C)C. The molecule has 0 saturated carbocycles. The molecule has 1 aliphatic rings. The van der Waals surface area contributed by atoms with Crippen molar-refractivity contribution in [2.45, 2.75) is 32.8 Å². The summed E-state index contributed by atoms with van der Waals surface area (Å²) < 4.78 is 10.6. The third-order valence-electron chi connectivity index (χ3n) is 3.69. The normalized spacial score (nSPS) is 21.3. The topological polar surface area (TPSA) is 52.6 Å². The van der Waals surface area contributed by atoms with Gasteiger partial charge in [0.15, 0.2) is 5.78 Å². The summed E-state index contributed by atoms with van der Waals surface area (Å²) in [5, 5.41) is 0. The van der Waals surface area contributed by atoms with Gasteiger partial charge in [-0.1, -0.05) is 26.0 Å². The summed E-state index contributed by atoms with van der Waals surface area (Å²) in [4.78, 5) is 23.9. The Morgan fingerprint density at radius 1 is 1.35 bits per heavy atom. The maximum absolute atomic E-state index is 12.6. The Labute approximate surface area is 119 Å². The van der Waals surface area contributed by atoms with Gasteiger partial charge in [0.25, 0.3) is 0 Å². The summed E-state index contributed by atoms with van der Waals surface area (Å²) >= 11 is 0. The number of ether oxygens (including phenoxy) is 2. The summed E-state index contributed by atoms with van der Waals surface area (Å²) in [5.41, 5.74) is 0.610. The van der Waals surface area contributed by atoms with Gasteiger partial charge in [-0.15, -0.1) is 0 Å². The molecule has 2 atom stereocenters. The van der Waals surface area contributed by atoms with Crippen LogP contribution in [0.25, 0.3) is 0 Å². The lowest BCUT2D eigenvalue weighted by Gasteiger charge is -2.34. The van der Waals surface area contributed by atoms with Crippen LogP contribution in [-0.2, 0) is 9.53 Å². The van der Waals surface area contributed by atoms with Crippen LogP contribution in [0.5, 0.6) is 5.75 Å². The van der Waals surface area contributed by atoms with E-state index in [2.05, 4.69) is 4.74 Å². The Kier molecular flexibility index (Phi) is 4.42. The molecule has 0 aliphatic carbocycles. The Balaban J connectivity index is 2.24. The minimum Gasteiger partial charge on any atom is -0.489 e. The fourth-order valence-electron chi connectivity index (χ4n) is 2.62. The molecule has 1 aromatic rings. The molecule has 0 radical (unpaired) electrons. The highest BCUT2D eigenvalue weighted by atomic mass is 16.5. The monoisotopic (exact) mass is 276 g/mol. The van der Waals surface area contributed by atoms with E-state index in [9.17, 15) is 9.59 Å². The Hall–Kier alpha value is -1.84. The first-order chi connectivity index (χ1) is 9.54. The van der Waals surface area contributed by atoms with Crippen LogP contribution in [0.4, 0.5) is 0 Å². The molecule has 0 aromatic heterocycles. The first kappa shape index (κ1) is 14.6. The second-order valence-corrected chi connectivity index (χ2v) is 5.41. The molecule has 0 N–H and O–H groups in total.